The number of halogens is 1. The van der Waals surface area contributed by atoms with Gasteiger partial charge >= 0.3 is 0 Å². The molecule has 3 aromatic rings. The van der Waals surface area contributed by atoms with Crippen LogP contribution in [0.3, 0.4) is 0 Å². The monoisotopic (exact) mass is 402 g/mol. The van der Waals surface area contributed by atoms with E-state index in [4.69, 9.17) is 5.73 Å². The van der Waals surface area contributed by atoms with E-state index < -0.39 is 0 Å². The number of amides is 1. The average molecular weight is 403 g/mol. The zero-order valence-electron chi connectivity index (χ0n) is 15.1. The van der Waals surface area contributed by atoms with Crippen molar-refractivity contribution in [1.82, 2.24) is 14.7 Å². The molecule has 1 aliphatic heterocycles. The molecule has 0 radical (unpaired) electrons. The molecule has 2 N–H and O–H groups in total. The van der Waals surface area contributed by atoms with Crippen LogP contribution in [0.2, 0.25) is 0 Å². The third-order valence-corrected chi connectivity index (χ3v) is 5.85. The molecule has 4 rings (SSSR count). The van der Waals surface area contributed by atoms with Crippen molar-refractivity contribution < 1.29 is 4.79 Å². The van der Waals surface area contributed by atoms with E-state index >= 15 is 0 Å². The van der Waals surface area contributed by atoms with Gasteiger partial charge in [-0.1, -0.05) is 24.3 Å². The van der Waals surface area contributed by atoms with Gasteiger partial charge in [-0.25, -0.2) is 4.68 Å². The Morgan fingerprint density at radius 2 is 2.04 bits per heavy atom. The topological polar surface area (TPSA) is 64.2 Å². The van der Waals surface area contributed by atoms with Gasteiger partial charge in [0.1, 0.15) is 0 Å². The number of aromatic nitrogens is 2. The summed E-state index contributed by atoms with van der Waals surface area (Å²) < 4.78 is 1.86. The smallest absolute Gasteiger partial charge is 0.274 e. The molecule has 0 saturated carbocycles. The zero-order valence-corrected chi connectivity index (χ0v) is 16.7. The number of para-hydroxylation sites is 1. The molecule has 2 atom stereocenters. The molecule has 5 nitrogen and oxygen atoms in total. The fourth-order valence-electron chi connectivity index (χ4n) is 3.59. The summed E-state index contributed by atoms with van der Waals surface area (Å²) in [6.45, 7) is 3.41. The number of thiophene rings is 1. The summed E-state index contributed by atoms with van der Waals surface area (Å²) in [6.07, 6.45) is 0.958. The second kappa shape index (κ2) is 8.25. The Hall–Kier alpha value is -2.15. The van der Waals surface area contributed by atoms with Gasteiger partial charge in [0.05, 0.1) is 16.3 Å². The number of likely N-dealkylation sites (tertiary alicyclic amines) is 1. The highest BCUT2D eigenvalue weighted by molar-refractivity contribution is 7.13. The van der Waals surface area contributed by atoms with Crippen molar-refractivity contribution >= 4 is 29.7 Å². The first-order valence-corrected chi connectivity index (χ1v) is 9.75. The van der Waals surface area contributed by atoms with Gasteiger partial charge < -0.3 is 10.6 Å². The maximum absolute atomic E-state index is 13.1. The minimum atomic E-state index is -0.0130. The molecule has 1 aromatic carbocycles. The lowest BCUT2D eigenvalue weighted by Crippen LogP contribution is -2.34. The predicted molar refractivity (Wildman–Crippen MR) is 112 cm³/mol. The zero-order chi connectivity index (χ0) is 18.1. The second-order valence-electron chi connectivity index (χ2n) is 6.78. The van der Waals surface area contributed by atoms with Gasteiger partial charge in [0.2, 0.25) is 0 Å². The van der Waals surface area contributed by atoms with Crippen molar-refractivity contribution in [1.29, 1.82) is 0 Å². The van der Waals surface area contributed by atoms with Crippen LogP contribution in [0.25, 0.3) is 16.3 Å². The first kappa shape index (κ1) is 19.6. The van der Waals surface area contributed by atoms with E-state index in [0.717, 1.165) is 22.7 Å². The third-order valence-electron chi connectivity index (χ3n) is 4.96. The Morgan fingerprint density at radius 1 is 1.26 bits per heavy atom. The lowest BCUT2D eigenvalue weighted by Gasteiger charge is -2.20. The van der Waals surface area contributed by atoms with Crippen molar-refractivity contribution in [2.45, 2.75) is 19.4 Å². The van der Waals surface area contributed by atoms with Crippen LogP contribution in [-0.4, -0.2) is 39.7 Å². The number of hydrogen-bond acceptors (Lipinski definition) is 4. The summed E-state index contributed by atoms with van der Waals surface area (Å²) in [7, 11) is 0. The van der Waals surface area contributed by atoms with E-state index in [1.807, 2.05) is 57.4 Å². The average Bonchev–Trinajstić information content (AvgIpc) is 3.40. The molecule has 1 fully saturated rings. The van der Waals surface area contributed by atoms with Gasteiger partial charge in [0, 0.05) is 12.6 Å². The van der Waals surface area contributed by atoms with E-state index in [2.05, 4.69) is 18.1 Å². The quantitative estimate of drug-likeness (QED) is 0.721. The molecular formula is C20H23ClN4OS. The fourth-order valence-corrected chi connectivity index (χ4v) is 4.32. The van der Waals surface area contributed by atoms with Crippen LogP contribution in [0.5, 0.6) is 0 Å². The van der Waals surface area contributed by atoms with Gasteiger partial charge in [0.25, 0.3) is 5.91 Å². The summed E-state index contributed by atoms with van der Waals surface area (Å²) in [5, 5.41) is 6.70. The number of nitrogens with two attached hydrogens (primary N) is 1. The minimum Gasteiger partial charge on any atom is -0.334 e. The standard InChI is InChI=1S/C20H22N4OS.ClH/c1-14-10-15(12-21)13-23(14)20(25)17-11-18(19-8-5-9-26-19)24(22-17)16-6-3-2-4-7-16;/h2-9,11,14-15H,10,12-13,21H2,1H3;1H. The Balaban J connectivity index is 0.00000210. The summed E-state index contributed by atoms with van der Waals surface area (Å²) in [5.41, 5.74) is 8.19. The van der Waals surface area contributed by atoms with E-state index in [1.54, 1.807) is 11.3 Å². The predicted octanol–water partition coefficient (Wildman–Crippen LogP) is 3.83. The molecule has 1 saturated heterocycles. The molecule has 0 aliphatic carbocycles. The normalized spacial score (nSPS) is 19.1. The Morgan fingerprint density at radius 3 is 2.67 bits per heavy atom. The van der Waals surface area contributed by atoms with Crippen LogP contribution in [0.15, 0.2) is 53.9 Å². The van der Waals surface area contributed by atoms with Gasteiger partial charge in [-0.15, -0.1) is 23.7 Å². The molecule has 3 heterocycles. The first-order valence-electron chi connectivity index (χ1n) is 8.87. The van der Waals surface area contributed by atoms with Crippen LogP contribution in [0, 0.1) is 5.92 Å². The number of hydrogen-bond donors (Lipinski definition) is 1. The highest BCUT2D eigenvalue weighted by atomic mass is 35.5. The van der Waals surface area contributed by atoms with Crippen molar-refractivity contribution in [3.8, 4) is 16.3 Å². The highest BCUT2D eigenvalue weighted by Crippen LogP contribution is 2.30. The van der Waals surface area contributed by atoms with E-state index in [9.17, 15) is 4.79 Å². The molecule has 7 heteroatoms. The molecule has 2 aromatic heterocycles. The minimum absolute atomic E-state index is 0. The molecule has 0 spiro atoms. The maximum atomic E-state index is 13.1. The number of nitrogens with zero attached hydrogens (tertiary/aromatic N) is 3. The largest absolute Gasteiger partial charge is 0.334 e. The molecule has 1 amide bonds. The fraction of sp³-hybridized carbons (Fsp3) is 0.300. The molecular weight excluding hydrogens is 380 g/mol. The van der Waals surface area contributed by atoms with Crippen LogP contribution >= 0.6 is 23.7 Å². The van der Waals surface area contributed by atoms with Crippen molar-refractivity contribution in [2.24, 2.45) is 11.7 Å². The Kier molecular flexibility index (Phi) is 5.99. The summed E-state index contributed by atoms with van der Waals surface area (Å²) in [4.78, 5) is 16.1. The first-order chi connectivity index (χ1) is 12.7. The summed E-state index contributed by atoms with van der Waals surface area (Å²) in [5.74, 6) is 0.364. The van der Waals surface area contributed by atoms with Crippen LogP contribution < -0.4 is 5.73 Å². The van der Waals surface area contributed by atoms with E-state index in [-0.39, 0.29) is 24.4 Å². The van der Waals surface area contributed by atoms with Gasteiger partial charge in [0.15, 0.2) is 5.69 Å². The maximum Gasteiger partial charge on any atom is 0.274 e. The van der Waals surface area contributed by atoms with E-state index in [0.29, 0.717) is 24.7 Å². The van der Waals surface area contributed by atoms with Crippen LogP contribution in [0.4, 0.5) is 0 Å². The Labute approximate surface area is 169 Å². The van der Waals surface area contributed by atoms with Crippen molar-refractivity contribution in [3.63, 3.8) is 0 Å². The van der Waals surface area contributed by atoms with Crippen molar-refractivity contribution in [3.05, 3.63) is 59.6 Å². The highest BCUT2D eigenvalue weighted by Gasteiger charge is 2.33. The SMILES string of the molecule is CC1CC(CN)CN1C(=O)c1cc(-c2cccs2)n(-c2ccccc2)n1.Cl. The summed E-state index contributed by atoms with van der Waals surface area (Å²) >= 11 is 1.64. The lowest BCUT2D eigenvalue weighted by molar-refractivity contribution is 0.0737. The van der Waals surface area contributed by atoms with Gasteiger partial charge in [-0.3, -0.25) is 4.79 Å². The van der Waals surface area contributed by atoms with Crippen molar-refractivity contribution in [2.75, 3.05) is 13.1 Å². The number of carbonyl (C=O) groups excluding carboxylic acids is 1. The number of carbonyl (C=O) groups is 1. The number of rotatable bonds is 4. The molecule has 0 bridgehead atoms. The Bertz CT molecular complexity index is 894. The van der Waals surface area contributed by atoms with E-state index in [1.165, 1.54) is 0 Å². The summed E-state index contributed by atoms with van der Waals surface area (Å²) in [6, 6.07) is 16.1. The molecule has 1 aliphatic rings. The van der Waals surface area contributed by atoms with Gasteiger partial charge in [-0.05, 0) is 55.5 Å². The van der Waals surface area contributed by atoms with Crippen LogP contribution in [-0.2, 0) is 0 Å². The number of benzene rings is 1. The van der Waals surface area contributed by atoms with Gasteiger partial charge in [-0.2, -0.15) is 5.10 Å². The lowest BCUT2D eigenvalue weighted by atomic mass is 10.1. The second-order valence-corrected chi connectivity index (χ2v) is 7.73. The molecule has 2 unspecified atom stereocenters. The third kappa shape index (κ3) is 3.78. The molecule has 142 valence electrons. The van der Waals surface area contributed by atoms with Crippen LogP contribution in [0.1, 0.15) is 23.8 Å². The molecule has 27 heavy (non-hydrogen) atoms.